The molecule has 0 saturated heterocycles. The van der Waals surface area contributed by atoms with Gasteiger partial charge in [0.05, 0.1) is 18.2 Å². The number of halogens is 3. The third kappa shape index (κ3) is 4.77. The van der Waals surface area contributed by atoms with E-state index < -0.39 is 12.6 Å². The van der Waals surface area contributed by atoms with Crippen molar-refractivity contribution in [2.75, 3.05) is 6.61 Å². The minimum atomic E-state index is -4.15. The second kappa shape index (κ2) is 5.58. The fraction of sp³-hybridized carbons (Fsp3) is 0.417. The van der Waals surface area contributed by atoms with Crippen LogP contribution in [0.3, 0.4) is 0 Å². The van der Waals surface area contributed by atoms with Crippen LogP contribution in [-0.4, -0.2) is 12.8 Å². The molecule has 1 aromatic carbocycles. The zero-order chi connectivity index (χ0) is 12.9. The van der Waals surface area contributed by atoms with Crippen LogP contribution in [0, 0.1) is 18.3 Å². The van der Waals surface area contributed by atoms with E-state index in [-0.39, 0.29) is 13.0 Å². The van der Waals surface area contributed by atoms with E-state index in [9.17, 15) is 13.2 Å². The first-order valence-corrected chi connectivity index (χ1v) is 5.12. The van der Waals surface area contributed by atoms with E-state index in [0.717, 1.165) is 5.56 Å². The SMILES string of the molecule is Cc1ccc(C#N)cc1OCCCC(F)(F)F. The van der Waals surface area contributed by atoms with Gasteiger partial charge in [0.1, 0.15) is 5.75 Å². The summed E-state index contributed by atoms with van der Waals surface area (Å²) in [4.78, 5) is 0. The highest BCUT2D eigenvalue weighted by Gasteiger charge is 2.26. The van der Waals surface area contributed by atoms with Gasteiger partial charge in [-0.15, -0.1) is 0 Å². The van der Waals surface area contributed by atoms with E-state index in [1.165, 1.54) is 6.07 Å². The van der Waals surface area contributed by atoms with E-state index in [1.807, 2.05) is 6.07 Å². The molecule has 92 valence electrons. The lowest BCUT2D eigenvalue weighted by Crippen LogP contribution is -2.10. The molecule has 1 rings (SSSR count). The van der Waals surface area contributed by atoms with Gasteiger partial charge in [0, 0.05) is 6.42 Å². The van der Waals surface area contributed by atoms with Crippen molar-refractivity contribution >= 4 is 0 Å². The van der Waals surface area contributed by atoms with Crippen LogP contribution in [0.2, 0.25) is 0 Å². The maximum atomic E-state index is 11.9. The zero-order valence-corrected chi connectivity index (χ0v) is 9.34. The molecule has 0 unspecified atom stereocenters. The predicted octanol–water partition coefficient (Wildman–Crippen LogP) is 3.59. The van der Waals surface area contributed by atoms with Crippen LogP contribution in [-0.2, 0) is 0 Å². The molecule has 0 fully saturated rings. The van der Waals surface area contributed by atoms with Gasteiger partial charge < -0.3 is 4.74 Å². The third-order valence-electron chi connectivity index (χ3n) is 2.18. The molecular formula is C12H12F3NO. The topological polar surface area (TPSA) is 33.0 Å². The highest BCUT2D eigenvalue weighted by molar-refractivity contribution is 5.41. The summed E-state index contributed by atoms with van der Waals surface area (Å²) in [6.45, 7) is 1.77. The van der Waals surface area contributed by atoms with Gasteiger partial charge in [-0.3, -0.25) is 0 Å². The van der Waals surface area contributed by atoms with Gasteiger partial charge in [0.2, 0.25) is 0 Å². The fourth-order valence-corrected chi connectivity index (χ4v) is 1.28. The largest absolute Gasteiger partial charge is 0.493 e. The molecule has 5 heteroatoms. The predicted molar refractivity (Wildman–Crippen MR) is 56.7 cm³/mol. The summed E-state index contributed by atoms with van der Waals surface area (Å²) >= 11 is 0. The maximum Gasteiger partial charge on any atom is 0.389 e. The van der Waals surface area contributed by atoms with Gasteiger partial charge >= 0.3 is 6.18 Å². The molecule has 0 atom stereocenters. The van der Waals surface area contributed by atoms with Crippen molar-refractivity contribution in [2.24, 2.45) is 0 Å². The number of alkyl halides is 3. The number of aryl methyl sites for hydroxylation is 1. The lowest BCUT2D eigenvalue weighted by Gasteiger charge is -2.10. The Morgan fingerprint density at radius 1 is 1.35 bits per heavy atom. The second-order valence-corrected chi connectivity index (χ2v) is 3.66. The molecule has 17 heavy (non-hydrogen) atoms. The van der Waals surface area contributed by atoms with Crippen LogP contribution in [0.25, 0.3) is 0 Å². The van der Waals surface area contributed by atoms with Crippen molar-refractivity contribution in [1.82, 2.24) is 0 Å². The summed E-state index contributed by atoms with van der Waals surface area (Å²) in [6, 6.07) is 6.82. The van der Waals surface area contributed by atoms with Gasteiger partial charge in [-0.2, -0.15) is 18.4 Å². The molecule has 0 radical (unpaired) electrons. The fourth-order valence-electron chi connectivity index (χ4n) is 1.28. The molecule has 0 heterocycles. The van der Waals surface area contributed by atoms with E-state index in [2.05, 4.69) is 0 Å². The second-order valence-electron chi connectivity index (χ2n) is 3.66. The van der Waals surface area contributed by atoms with Crippen LogP contribution >= 0.6 is 0 Å². The Morgan fingerprint density at radius 2 is 2.06 bits per heavy atom. The molecule has 0 aliphatic heterocycles. The lowest BCUT2D eigenvalue weighted by atomic mass is 10.1. The Hall–Kier alpha value is -1.70. The minimum absolute atomic E-state index is 0.00473. The zero-order valence-electron chi connectivity index (χ0n) is 9.34. The first kappa shape index (κ1) is 13.4. The first-order chi connectivity index (χ1) is 7.92. The van der Waals surface area contributed by atoms with E-state index in [1.54, 1.807) is 19.1 Å². The van der Waals surface area contributed by atoms with Crippen molar-refractivity contribution in [1.29, 1.82) is 5.26 Å². The van der Waals surface area contributed by atoms with Crippen LogP contribution in [0.15, 0.2) is 18.2 Å². The number of nitriles is 1. The maximum absolute atomic E-state index is 11.9. The third-order valence-corrected chi connectivity index (χ3v) is 2.18. The Kier molecular flexibility index (Phi) is 4.38. The smallest absolute Gasteiger partial charge is 0.389 e. The molecule has 0 amide bonds. The van der Waals surface area contributed by atoms with Crippen molar-refractivity contribution in [2.45, 2.75) is 25.9 Å². The van der Waals surface area contributed by atoms with Crippen LogP contribution in [0.4, 0.5) is 13.2 Å². The summed E-state index contributed by atoms with van der Waals surface area (Å²) in [5, 5.41) is 8.68. The number of ether oxygens (including phenoxy) is 1. The number of rotatable bonds is 4. The molecule has 0 saturated carbocycles. The first-order valence-electron chi connectivity index (χ1n) is 5.12. The number of hydrogen-bond acceptors (Lipinski definition) is 2. The molecule has 2 nitrogen and oxygen atoms in total. The van der Waals surface area contributed by atoms with Crippen LogP contribution in [0.1, 0.15) is 24.0 Å². The lowest BCUT2D eigenvalue weighted by molar-refractivity contribution is -0.136. The number of nitrogens with zero attached hydrogens (tertiary/aromatic N) is 1. The highest BCUT2D eigenvalue weighted by Crippen LogP contribution is 2.23. The highest BCUT2D eigenvalue weighted by atomic mass is 19.4. The number of hydrogen-bond donors (Lipinski definition) is 0. The summed E-state index contributed by atoms with van der Waals surface area (Å²) in [7, 11) is 0. The minimum Gasteiger partial charge on any atom is -0.493 e. The molecule has 0 aliphatic carbocycles. The quantitative estimate of drug-likeness (QED) is 0.757. The molecule has 0 aromatic heterocycles. The summed E-state index contributed by atoms with van der Waals surface area (Å²) in [6.07, 6.45) is -5.09. The van der Waals surface area contributed by atoms with E-state index in [4.69, 9.17) is 10.00 Å². The van der Waals surface area contributed by atoms with E-state index in [0.29, 0.717) is 11.3 Å². The van der Waals surface area contributed by atoms with Crippen molar-refractivity contribution in [3.05, 3.63) is 29.3 Å². The molecule has 0 bridgehead atoms. The van der Waals surface area contributed by atoms with Crippen molar-refractivity contribution < 1.29 is 17.9 Å². The molecule has 0 N–H and O–H groups in total. The van der Waals surface area contributed by atoms with Crippen LogP contribution < -0.4 is 4.74 Å². The number of benzene rings is 1. The molecule has 1 aromatic rings. The van der Waals surface area contributed by atoms with Crippen molar-refractivity contribution in [3.8, 4) is 11.8 Å². The standard InChI is InChI=1S/C12H12F3NO/c1-9-3-4-10(8-16)7-11(9)17-6-2-5-12(13,14)15/h3-4,7H,2,5-6H2,1H3. The Morgan fingerprint density at radius 3 is 2.65 bits per heavy atom. The van der Waals surface area contributed by atoms with Crippen molar-refractivity contribution in [3.63, 3.8) is 0 Å². The summed E-state index contributed by atoms with van der Waals surface area (Å²) in [5.74, 6) is 0.464. The van der Waals surface area contributed by atoms with E-state index >= 15 is 0 Å². The summed E-state index contributed by atoms with van der Waals surface area (Å²) < 4.78 is 40.9. The van der Waals surface area contributed by atoms with Gasteiger partial charge in [-0.1, -0.05) is 6.07 Å². The Bertz CT molecular complexity index is 421. The normalized spacial score (nSPS) is 11.0. The monoisotopic (exact) mass is 243 g/mol. The average Bonchev–Trinajstić information content (AvgIpc) is 2.25. The Balaban J connectivity index is 2.49. The molecule has 0 spiro atoms. The summed E-state index contributed by atoms with van der Waals surface area (Å²) in [5.41, 5.74) is 1.23. The van der Waals surface area contributed by atoms with Gasteiger partial charge in [0.15, 0.2) is 0 Å². The molecule has 0 aliphatic rings. The average molecular weight is 243 g/mol. The Labute approximate surface area is 97.6 Å². The van der Waals surface area contributed by atoms with Crippen LogP contribution in [0.5, 0.6) is 5.75 Å². The van der Waals surface area contributed by atoms with Gasteiger partial charge in [-0.05, 0) is 31.0 Å². The molecular weight excluding hydrogens is 231 g/mol. The van der Waals surface area contributed by atoms with Gasteiger partial charge in [0.25, 0.3) is 0 Å². The van der Waals surface area contributed by atoms with Gasteiger partial charge in [-0.25, -0.2) is 0 Å².